The highest BCUT2D eigenvalue weighted by Gasteiger charge is 2.33. The molecular formula is C8H12N5O+. The number of aromatic nitrogens is 2. The maximum atomic E-state index is 5.56. The van der Waals surface area contributed by atoms with E-state index in [4.69, 9.17) is 10.5 Å². The van der Waals surface area contributed by atoms with Crippen LogP contribution in [0.2, 0.25) is 0 Å². The summed E-state index contributed by atoms with van der Waals surface area (Å²) in [5.41, 5.74) is 6.22. The van der Waals surface area contributed by atoms with Gasteiger partial charge in [0.25, 0.3) is 11.7 Å². The SMILES string of the molecule is COc1nc(N)nc2c1N=C[N+]2(C)C. The first-order chi connectivity index (χ1) is 6.54. The predicted octanol–water partition coefficient (Wildman–Crippen LogP) is 0.308. The molecule has 0 amide bonds. The number of anilines is 1. The van der Waals surface area contributed by atoms with E-state index in [1.807, 2.05) is 14.1 Å². The highest BCUT2D eigenvalue weighted by atomic mass is 16.5. The van der Waals surface area contributed by atoms with Crippen LogP contribution in [0.4, 0.5) is 17.5 Å². The lowest BCUT2D eigenvalue weighted by Crippen LogP contribution is -2.37. The first-order valence-electron chi connectivity index (χ1n) is 4.15. The van der Waals surface area contributed by atoms with Crippen LogP contribution in [0.15, 0.2) is 4.99 Å². The second-order valence-corrected chi connectivity index (χ2v) is 3.55. The molecule has 0 radical (unpaired) electrons. The first-order valence-corrected chi connectivity index (χ1v) is 4.15. The summed E-state index contributed by atoms with van der Waals surface area (Å²) < 4.78 is 5.53. The predicted molar refractivity (Wildman–Crippen MR) is 54.8 cm³/mol. The number of hydrogen-bond acceptors (Lipinski definition) is 5. The first kappa shape index (κ1) is 8.89. The molecule has 1 aromatic heterocycles. The van der Waals surface area contributed by atoms with E-state index in [0.29, 0.717) is 16.1 Å². The third-order valence-electron chi connectivity index (χ3n) is 2.07. The van der Waals surface area contributed by atoms with E-state index in [1.54, 1.807) is 6.34 Å². The molecule has 0 saturated carbocycles. The van der Waals surface area contributed by atoms with Crippen LogP contribution in [-0.4, -0.2) is 37.5 Å². The van der Waals surface area contributed by atoms with Crippen molar-refractivity contribution < 1.29 is 4.74 Å². The molecule has 0 fully saturated rings. The van der Waals surface area contributed by atoms with E-state index < -0.39 is 0 Å². The Morgan fingerprint density at radius 3 is 2.71 bits per heavy atom. The Morgan fingerprint density at radius 1 is 1.36 bits per heavy atom. The lowest BCUT2D eigenvalue weighted by Gasteiger charge is -2.17. The Hall–Kier alpha value is -1.69. The minimum absolute atomic E-state index is 0.206. The molecule has 0 spiro atoms. The summed E-state index contributed by atoms with van der Waals surface area (Å²) in [6.45, 7) is 0. The molecule has 0 saturated heterocycles. The van der Waals surface area contributed by atoms with Gasteiger partial charge in [0, 0.05) is 0 Å². The Morgan fingerprint density at radius 2 is 2.07 bits per heavy atom. The number of methoxy groups -OCH3 is 1. The second-order valence-electron chi connectivity index (χ2n) is 3.55. The fraction of sp³-hybridized carbons (Fsp3) is 0.375. The Bertz CT molecular complexity index is 412. The van der Waals surface area contributed by atoms with Crippen molar-refractivity contribution in [2.24, 2.45) is 4.99 Å². The average molecular weight is 194 g/mol. The number of hydrogen-bond donors (Lipinski definition) is 1. The van der Waals surface area contributed by atoms with Crippen LogP contribution >= 0.6 is 0 Å². The summed E-state index contributed by atoms with van der Waals surface area (Å²) in [6.07, 6.45) is 1.77. The van der Waals surface area contributed by atoms with Crippen molar-refractivity contribution in [3.63, 3.8) is 0 Å². The molecule has 1 aliphatic heterocycles. The third-order valence-corrected chi connectivity index (χ3v) is 2.07. The summed E-state index contributed by atoms with van der Waals surface area (Å²) in [7, 11) is 5.46. The van der Waals surface area contributed by atoms with Gasteiger partial charge >= 0.3 is 0 Å². The summed E-state index contributed by atoms with van der Waals surface area (Å²) in [4.78, 5) is 12.3. The van der Waals surface area contributed by atoms with Crippen LogP contribution in [0.1, 0.15) is 0 Å². The standard InChI is InChI=1S/C8H12N5O/c1-13(2)4-10-5-6(13)11-8(9)12-7(5)14-3/h4H,1-3H3,(H2,9,11,12)/q+1. The van der Waals surface area contributed by atoms with Crippen molar-refractivity contribution in [2.45, 2.75) is 0 Å². The maximum absolute atomic E-state index is 5.56. The molecule has 1 aromatic rings. The van der Waals surface area contributed by atoms with Crippen LogP contribution in [0.25, 0.3) is 0 Å². The van der Waals surface area contributed by atoms with E-state index >= 15 is 0 Å². The summed E-state index contributed by atoms with van der Waals surface area (Å²) in [6, 6.07) is 0. The van der Waals surface area contributed by atoms with Gasteiger partial charge in [-0.1, -0.05) is 0 Å². The normalized spacial score (nSPS) is 16.8. The topological polar surface area (TPSA) is 73.4 Å². The Labute approximate surface area is 81.6 Å². The molecule has 74 valence electrons. The molecule has 1 aliphatic rings. The number of nitrogen functional groups attached to an aromatic ring is 1. The van der Waals surface area contributed by atoms with Crippen molar-refractivity contribution in [3.8, 4) is 5.88 Å². The van der Waals surface area contributed by atoms with Gasteiger partial charge in [0.1, 0.15) is 0 Å². The van der Waals surface area contributed by atoms with Crippen LogP contribution in [0.5, 0.6) is 5.88 Å². The van der Waals surface area contributed by atoms with E-state index in [-0.39, 0.29) is 5.95 Å². The molecule has 0 bridgehead atoms. The Balaban J connectivity index is 2.67. The van der Waals surface area contributed by atoms with Gasteiger partial charge in [-0.3, -0.25) is 0 Å². The van der Waals surface area contributed by atoms with Gasteiger partial charge in [0.15, 0.2) is 6.34 Å². The number of quaternary nitrogens is 1. The van der Waals surface area contributed by atoms with Crippen molar-refractivity contribution in [2.75, 3.05) is 26.9 Å². The maximum Gasteiger partial charge on any atom is 0.268 e. The van der Waals surface area contributed by atoms with Crippen molar-refractivity contribution in [3.05, 3.63) is 0 Å². The van der Waals surface area contributed by atoms with E-state index in [2.05, 4.69) is 15.0 Å². The van der Waals surface area contributed by atoms with Gasteiger partial charge in [-0.2, -0.15) is 15.0 Å². The number of nitrogens with zero attached hydrogens (tertiary/aromatic N) is 4. The van der Waals surface area contributed by atoms with Crippen molar-refractivity contribution in [1.29, 1.82) is 0 Å². The molecule has 0 aromatic carbocycles. The number of aliphatic imine (C=N–C) groups is 1. The number of fused-ring (bicyclic) bond motifs is 1. The summed E-state index contributed by atoms with van der Waals surface area (Å²) in [5.74, 6) is 1.39. The molecule has 2 heterocycles. The van der Waals surface area contributed by atoms with E-state index in [9.17, 15) is 0 Å². The van der Waals surface area contributed by atoms with Gasteiger partial charge in [0.05, 0.1) is 21.2 Å². The quantitative estimate of drug-likeness (QED) is 0.653. The summed E-state index contributed by atoms with van der Waals surface area (Å²) >= 11 is 0. The number of nitrogens with two attached hydrogens (primary N) is 1. The zero-order valence-electron chi connectivity index (χ0n) is 8.35. The molecule has 14 heavy (non-hydrogen) atoms. The summed E-state index contributed by atoms with van der Waals surface area (Å²) in [5, 5.41) is 0. The van der Waals surface area contributed by atoms with E-state index in [1.165, 1.54) is 7.11 Å². The van der Waals surface area contributed by atoms with Crippen molar-refractivity contribution >= 4 is 23.8 Å². The lowest BCUT2D eigenvalue weighted by molar-refractivity contribution is 0.399. The average Bonchev–Trinajstić information content (AvgIpc) is 2.42. The molecule has 0 atom stereocenters. The zero-order chi connectivity index (χ0) is 10.3. The molecule has 0 aliphatic carbocycles. The minimum Gasteiger partial charge on any atom is -0.479 e. The lowest BCUT2D eigenvalue weighted by atomic mass is 10.4. The molecular weight excluding hydrogens is 182 g/mol. The van der Waals surface area contributed by atoms with Gasteiger partial charge in [0.2, 0.25) is 11.6 Å². The minimum atomic E-state index is 0.206. The van der Waals surface area contributed by atoms with Crippen LogP contribution in [-0.2, 0) is 0 Å². The molecule has 2 rings (SSSR count). The fourth-order valence-electron chi connectivity index (χ4n) is 1.35. The molecule has 0 unspecified atom stereocenters. The number of rotatable bonds is 1. The molecule has 6 heteroatoms. The van der Waals surface area contributed by atoms with Gasteiger partial charge in [-0.15, -0.1) is 0 Å². The highest BCUT2D eigenvalue weighted by molar-refractivity contribution is 5.88. The van der Waals surface area contributed by atoms with Gasteiger partial charge in [-0.25, -0.2) is 4.48 Å². The highest BCUT2D eigenvalue weighted by Crippen LogP contribution is 2.40. The van der Waals surface area contributed by atoms with Crippen LogP contribution < -0.4 is 15.0 Å². The van der Waals surface area contributed by atoms with Gasteiger partial charge < -0.3 is 10.5 Å². The van der Waals surface area contributed by atoms with Crippen molar-refractivity contribution in [1.82, 2.24) is 14.5 Å². The van der Waals surface area contributed by atoms with Gasteiger partial charge in [-0.05, 0) is 0 Å². The number of ether oxygens (including phenoxy) is 1. The monoisotopic (exact) mass is 194 g/mol. The van der Waals surface area contributed by atoms with E-state index in [0.717, 1.165) is 5.82 Å². The zero-order valence-corrected chi connectivity index (χ0v) is 8.35. The largest absolute Gasteiger partial charge is 0.479 e. The fourth-order valence-corrected chi connectivity index (χ4v) is 1.35. The third kappa shape index (κ3) is 1.12. The molecule has 2 N–H and O–H groups in total. The van der Waals surface area contributed by atoms with Crippen LogP contribution in [0, 0.1) is 0 Å². The molecule has 6 nitrogen and oxygen atoms in total. The smallest absolute Gasteiger partial charge is 0.268 e. The second kappa shape index (κ2) is 2.65. The van der Waals surface area contributed by atoms with Crippen LogP contribution in [0.3, 0.4) is 0 Å². The Kier molecular flexibility index (Phi) is 1.68.